The molecule has 2 aromatic carbocycles. The van der Waals surface area contributed by atoms with Crippen molar-refractivity contribution < 1.29 is 27.5 Å². The first kappa shape index (κ1) is 24.4. The molecule has 1 N–H and O–H groups in total. The molecule has 0 unspecified atom stereocenters. The molecule has 2 amide bonds. The Labute approximate surface area is 194 Å². The standard InChI is InChI=1S/C23H29N3O6S/c1-17(23(28)24-2)25(15-18-8-5-4-6-9-18)22(27)10-7-13-26(33(3,29)30)19-11-12-20-21(14-19)32-16-31-20/h4-6,8-9,11-12,14,17H,7,10,13,15-16H2,1-3H3,(H,24,28)/t17-/m1/s1. The summed E-state index contributed by atoms with van der Waals surface area (Å²) in [5.74, 6) is 0.541. The van der Waals surface area contributed by atoms with E-state index in [4.69, 9.17) is 9.47 Å². The smallest absolute Gasteiger partial charge is 0.242 e. The molecular formula is C23H29N3O6S. The second kappa shape index (κ2) is 10.6. The van der Waals surface area contributed by atoms with E-state index in [0.29, 0.717) is 17.2 Å². The number of rotatable bonds is 10. The second-order valence-corrected chi connectivity index (χ2v) is 9.68. The molecule has 1 atom stereocenters. The molecule has 178 valence electrons. The van der Waals surface area contributed by atoms with E-state index in [9.17, 15) is 18.0 Å². The number of benzene rings is 2. The Morgan fingerprint density at radius 1 is 1.09 bits per heavy atom. The van der Waals surface area contributed by atoms with Crippen LogP contribution >= 0.6 is 0 Å². The summed E-state index contributed by atoms with van der Waals surface area (Å²) in [5, 5.41) is 2.58. The van der Waals surface area contributed by atoms with Gasteiger partial charge in [0.1, 0.15) is 6.04 Å². The highest BCUT2D eigenvalue weighted by atomic mass is 32.2. The van der Waals surface area contributed by atoms with Gasteiger partial charge in [-0.3, -0.25) is 13.9 Å². The van der Waals surface area contributed by atoms with Crippen molar-refractivity contribution in [3.05, 3.63) is 54.1 Å². The van der Waals surface area contributed by atoms with Gasteiger partial charge in [-0.05, 0) is 31.0 Å². The zero-order valence-electron chi connectivity index (χ0n) is 19.0. The van der Waals surface area contributed by atoms with Crippen molar-refractivity contribution in [2.24, 2.45) is 0 Å². The monoisotopic (exact) mass is 475 g/mol. The van der Waals surface area contributed by atoms with Crippen molar-refractivity contribution in [3.63, 3.8) is 0 Å². The van der Waals surface area contributed by atoms with Gasteiger partial charge >= 0.3 is 0 Å². The molecule has 0 aromatic heterocycles. The number of amides is 2. The maximum absolute atomic E-state index is 13.1. The molecule has 33 heavy (non-hydrogen) atoms. The number of nitrogens with zero attached hydrogens (tertiary/aromatic N) is 2. The highest BCUT2D eigenvalue weighted by Gasteiger charge is 2.26. The molecule has 1 aliphatic rings. The molecule has 0 bridgehead atoms. The van der Waals surface area contributed by atoms with E-state index in [-0.39, 0.29) is 44.5 Å². The Balaban J connectivity index is 1.70. The lowest BCUT2D eigenvalue weighted by atomic mass is 10.1. The first-order valence-electron chi connectivity index (χ1n) is 10.6. The van der Waals surface area contributed by atoms with Gasteiger partial charge in [0.05, 0.1) is 11.9 Å². The molecule has 3 rings (SSSR count). The van der Waals surface area contributed by atoms with Gasteiger partial charge in [0.2, 0.25) is 28.6 Å². The number of carbonyl (C=O) groups is 2. The summed E-state index contributed by atoms with van der Waals surface area (Å²) in [7, 11) is -2.06. The third-order valence-electron chi connectivity index (χ3n) is 5.41. The van der Waals surface area contributed by atoms with Gasteiger partial charge in [-0.2, -0.15) is 0 Å². The van der Waals surface area contributed by atoms with Gasteiger partial charge in [0.25, 0.3) is 0 Å². The van der Waals surface area contributed by atoms with Gasteiger partial charge in [-0.25, -0.2) is 8.42 Å². The number of ether oxygens (including phenoxy) is 2. The zero-order valence-corrected chi connectivity index (χ0v) is 19.8. The lowest BCUT2D eigenvalue weighted by Crippen LogP contribution is -2.46. The van der Waals surface area contributed by atoms with Crippen LogP contribution in [0.1, 0.15) is 25.3 Å². The van der Waals surface area contributed by atoms with Crippen LogP contribution in [0.5, 0.6) is 11.5 Å². The Morgan fingerprint density at radius 2 is 1.79 bits per heavy atom. The number of nitrogens with one attached hydrogen (secondary N) is 1. The van der Waals surface area contributed by atoms with Crippen LogP contribution in [0.15, 0.2) is 48.5 Å². The van der Waals surface area contributed by atoms with E-state index in [1.54, 1.807) is 25.1 Å². The fourth-order valence-electron chi connectivity index (χ4n) is 3.62. The number of carbonyl (C=O) groups excluding carboxylic acids is 2. The largest absolute Gasteiger partial charge is 0.454 e. The molecule has 0 saturated carbocycles. The minimum absolute atomic E-state index is 0.0880. The zero-order chi connectivity index (χ0) is 24.0. The fourth-order valence-corrected chi connectivity index (χ4v) is 4.57. The van der Waals surface area contributed by atoms with E-state index >= 15 is 0 Å². The summed E-state index contributed by atoms with van der Waals surface area (Å²) >= 11 is 0. The molecule has 0 aliphatic carbocycles. The predicted octanol–water partition coefficient (Wildman–Crippen LogP) is 2.12. The van der Waals surface area contributed by atoms with Crippen LogP contribution < -0.4 is 19.1 Å². The van der Waals surface area contributed by atoms with Crippen molar-refractivity contribution in [2.45, 2.75) is 32.4 Å². The van der Waals surface area contributed by atoms with Crippen LogP contribution in [0.25, 0.3) is 0 Å². The minimum Gasteiger partial charge on any atom is -0.454 e. The molecule has 9 nitrogen and oxygen atoms in total. The van der Waals surface area contributed by atoms with Gasteiger partial charge in [0.15, 0.2) is 11.5 Å². The van der Waals surface area contributed by atoms with Gasteiger partial charge < -0.3 is 19.7 Å². The van der Waals surface area contributed by atoms with Crippen molar-refractivity contribution in [3.8, 4) is 11.5 Å². The molecular weight excluding hydrogens is 446 g/mol. The third-order valence-corrected chi connectivity index (χ3v) is 6.60. The van der Waals surface area contributed by atoms with Crippen molar-refractivity contribution in [1.82, 2.24) is 10.2 Å². The predicted molar refractivity (Wildman–Crippen MR) is 125 cm³/mol. The average molecular weight is 476 g/mol. The van der Waals surface area contributed by atoms with Crippen LogP contribution in [0.2, 0.25) is 0 Å². The van der Waals surface area contributed by atoms with Crippen LogP contribution in [0.4, 0.5) is 5.69 Å². The number of anilines is 1. The molecule has 2 aromatic rings. The highest BCUT2D eigenvalue weighted by Crippen LogP contribution is 2.36. The molecule has 10 heteroatoms. The average Bonchev–Trinajstić information content (AvgIpc) is 3.27. The van der Waals surface area contributed by atoms with E-state index in [1.807, 2.05) is 30.3 Å². The van der Waals surface area contributed by atoms with Crippen LogP contribution in [0.3, 0.4) is 0 Å². The van der Waals surface area contributed by atoms with Gasteiger partial charge in [0, 0.05) is 32.6 Å². The fraction of sp³-hybridized carbons (Fsp3) is 0.391. The summed E-state index contributed by atoms with van der Waals surface area (Å²) in [6.07, 6.45) is 1.49. The topological polar surface area (TPSA) is 105 Å². The van der Waals surface area contributed by atoms with Gasteiger partial charge in [-0.15, -0.1) is 0 Å². The number of fused-ring (bicyclic) bond motifs is 1. The normalized spacial score (nSPS) is 13.3. The van der Waals surface area contributed by atoms with E-state index in [0.717, 1.165) is 11.8 Å². The maximum atomic E-state index is 13.1. The highest BCUT2D eigenvalue weighted by molar-refractivity contribution is 7.92. The first-order valence-corrected chi connectivity index (χ1v) is 12.5. The number of likely N-dealkylation sites (N-methyl/N-ethyl adjacent to an activating group) is 1. The second-order valence-electron chi connectivity index (χ2n) is 7.77. The number of hydrogen-bond donors (Lipinski definition) is 1. The quantitative estimate of drug-likeness (QED) is 0.564. The van der Waals surface area contributed by atoms with E-state index in [1.165, 1.54) is 16.3 Å². The summed E-state index contributed by atoms with van der Waals surface area (Å²) in [5.41, 5.74) is 1.34. The molecule has 1 heterocycles. The van der Waals surface area contributed by atoms with Crippen LogP contribution in [-0.4, -0.2) is 57.8 Å². The molecule has 0 spiro atoms. The summed E-state index contributed by atoms with van der Waals surface area (Å²) < 4.78 is 36.7. The molecule has 0 radical (unpaired) electrons. The van der Waals surface area contributed by atoms with Gasteiger partial charge in [-0.1, -0.05) is 30.3 Å². The Morgan fingerprint density at radius 3 is 2.45 bits per heavy atom. The molecule has 0 saturated heterocycles. The number of hydrogen-bond acceptors (Lipinski definition) is 6. The van der Waals surface area contributed by atoms with E-state index in [2.05, 4.69) is 5.32 Å². The Hall–Kier alpha value is -3.27. The first-order chi connectivity index (χ1) is 15.7. The van der Waals surface area contributed by atoms with E-state index < -0.39 is 16.1 Å². The third kappa shape index (κ3) is 6.16. The van der Waals surface area contributed by atoms with Crippen LogP contribution in [0, 0.1) is 0 Å². The summed E-state index contributed by atoms with van der Waals surface area (Å²) in [6.45, 7) is 2.16. The molecule has 0 fully saturated rings. The maximum Gasteiger partial charge on any atom is 0.242 e. The van der Waals surface area contributed by atoms with Crippen molar-refractivity contribution in [1.29, 1.82) is 0 Å². The Kier molecular flexibility index (Phi) is 7.80. The lowest BCUT2D eigenvalue weighted by Gasteiger charge is -2.29. The van der Waals surface area contributed by atoms with Crippen molar-refractivity contribution in [2.75, 3.05) is 30.9 Å². The summed E-state index contributed by atoms with van der Waals surface area (Å²) in [6, 6.07) is 13.7. The number of sulfonamides is 1. The minimum atomic E-state index is -3.59. The lowest BCUT2D eigenvalue weighted by molar-refractivity contribution is -0.140. The SMILES string of the molecule is CNC(=O)[C@@H](C)N(Cc1ccccc1)C(=O)CCCN(c1ccc2c(c1)OCO2)S(C)(=O)=O. The summed E-state index contributed by atoms with van der Waals surface area (Å²) in [4.78, 5) is 26.8. The molecule has 1 aliphatic heterocycles. The van der Waals surface area contributed by atoms with Crippen molar-refractivity contribution >= 4 is 27.5 Å². The van der Waals surface area contributed by atoms with Crippen LogP contribution in [-0.2, 0) is 26.2 Å². The Bertz CT molecular complexity index is 1090.